The summed E-state index contributed by atoms with van der Waals surface area (Å²) in [6.45, 7) is 0. The van der Waals surface area contributed by atoms with E-state index in [-0.39, 0.29) is 10.9 Å². The first-order valence-corrected chi connectivity index (χ1v) is 7.58. The zero-order valence-electron chi connectivity index (χ0n) is 13.1. The van der Waals surface area contributed by atoms with Crippen molar-refractivity contribution in [3.05, 3.63) is 82.3 Å². The molecule has 0 unspecified atom stereocenters. The summed E-state index contributed by atoms with van der Waals surface area (Å²) in [5.74, 6) is -3.79. The molecule has 0 amide bonds. The van der Waals surface area contributed by atoms with E-state index in [1.165, 1.54) is 4.57 Å². The van der Waals surface area contributed by atoms with Crippen molar-refractivity contribution in [3.63, 3.8) is 0 Å². The molecule has 0 aliphatic heterocycles. The van der Waals surface area contributed by atoms with Crippen molar-refractivity contribution < 1.29 is 18.7 Å². The van der Waals surface area contributed by atoms with E-state index < -0.39 is 28.6 Å². The summed E-state index contributed by atoms with van der Waals surface area (Å²) in [6.07, 6.45) is 2.75. The first-order valence-electron chi connectivity index (χ1n) is 7.58. The highest BCUT2D eigenvalue weighted by Gasteiger charge is 2.18. The molecular formula is C19H10F2N2O3. The second-order valence-corrected chi connectivity index (χ2v) is 5.71. The zero-order valence-corrected chi connectivity index (χ0v) is 13.1. The van der Waals surface area contributed by atoms with Crippen molar-refractivity contribution in [2.75, 3.05) is 0 Å². The number of aromatic carboxylic acids is 1. The Bertz CT molecular complexity index is 1270. The van der Waals surface area contributed by atoms with Gasteiger partial charge in [0.2, 0.25) is 5.43 Å². The van der Waals surface area contributed by atoms with Crippen LogP contribution in [0.25, 0.3) is 27.5 Å². The molecule has 2 aromatic carbocycles. The number of fused-ring (bicyclic) bond motifs is 2. The Morgan fingerprint density at radius 1 is 1.08 bits per heavy atom. The number of hydrogen-bond donors (Lipinski definition) is 1. The molecule has 0 saturated carbocycles. The molecule has 2 heterocycles. The molecule has 0 spiro atoms. The van der Waals surface area contributed by atoms with Crippen LogP contribution >= 0.6 is 0 Å². The van der Waals surface area contributed by atoms with Crippen molar-refractivity contribution in [1.29, 1.82) is 0 Å². The molecule has 128 valence electrons. The van der Waals surface area contributed by atoms with E-state index in [2.05, 4.69) is 4.98 Å². The average molecular weight is 352 g/mol. The van der Waals surface area contributed by atoms with Crippen molar-refractivity contribution in [3.8, 4) is 5.69 Å². The summed E-state index contributed by atoms with van der Waals surface area (Å²) >= 11 is 0. The molecule has 7 heteroatoms. The number of halogens is 2. The van der Waals surface area contributed by atoms with Crippen LogP contribution in [0.15, 0.2) is 59.7 Å². The lowest BCUT2D eigenvalue weighted by molar-refractivity contribution is 0.0695. The fourth-order valence-corrected chi connectivity index (χ4v) is 2.90. The molecule has 0 saturated heterocycles. The van der Waals surface area contributed by atoms with Gasteiger partial charge in [0.25, 0.3) is 0 Å². The zero-order chi connectivity index (χ0) is 18.4. The molecule has 0 aliphatic rings. The predicted molar refractivity (Wildman–Crippen MR) is 91.7 cm³/mol. The van der Waals surface area contributed by atoms with Gasteiger partial charge in [-0.3, -0.25) is 9.78 Å². The third-order valence-corrected chi connectivity index (χ3v) is 4.14. The molecule has 4 rings (SSSR count). The van der Waals surface area contributed by atoms with E-state index in [0.29, 0.717) is 5.69 Å². The summed E-state index contributed by atoms with van der Waals surface area (Å²) < 4.78 is 28.8. The van der Waals surface area contributed by atoms with Gasteiger partial charge in [0.05, 0.1) is 16.4 Å². The molecule has 1 N–H and O–H groups in total. The Balaban J connectivity index is 2.13. The normalized spacial score (nSPS) is 11.2. The number of aromatic nitrogens is 2. The van der Waals surface area contributed by atoms with Crippen molar-refractivity contribution >= 4 is 27.8 Å². The number of hydrogen-bond acceptors (Lipinski definition) is 3. The van der Waals surface area contributed by atoms with Crippen LogP contribution in [0.4, 0.5) is 8.78 Å². The van der Waals surface area contributed by atoms with E-state index >= 15 is 0 Å². The number of pyridine rings is 2. The molecule has 2 aromatic heterocycles. The Morgan fingerprint density at radius 2 is 1.85 bits per heavy atom. The molecular weight excluding hydrogens is 342 g/mol. The third-order valence-electron chi connectivity index (χ3n) is 4.14. The Hall–Kier alpha value is -3.61. The number of carbonyl (C=O) groups is 1. The van der Waals surface area contributed by atoms with Gasteiger partial charge in [-0.2, -0.15) is 0 Å². The molecule has 0 radical (unpaired) electrons. The van der Waals surface area contributed by atoms with E-state index in [9.17, 15) is 23.5 Å². The third kappa shape index (κ3) is 2.41. The number of carboxylic acid groups (broad SMARTS) is 1. The smallest absolute Gasteiger partial charge is 0.341 e. The first kappa shape index (κ1) is 15.9. The van der Waals surface area contributed by atoms with Crippen LogP contribution < -0.4 is 5.43 Å². The van der Waals surface area contributed by atoms with E-state index in [1.807, 2.05) is 6.07 Å². The van der Waals surface area contributed by atoms with Gasteiger partial charge in [-0.1, -0.05) is 6.07 Å². The molecule has 0 fully saturated rings. The van der Waals surface area contributed by atoms with Crippen LogP contribution in [-0.2, 0) is 0 Å². The van der Waals surface area contributed by atoms with Gasteiger partial charge < -0.3 is 9.67 Å². The quantitative estimate of drug-likeness (QED) is 0.599. The van der Waals surface area contributed by atoms with Crippen LogP contribution in [-0.4, -0.2) is 20.6 Å². The summed E-state index contributed by atoms with van der Waals surface area (Å²) in [7, 11) is 0. The number of carboxylic acids is 1. The van der Waals surface area contributed by atoms with Crippen LogP contribution in [0.3, 0.4) is 0 Å². The lowest BCUT2D eigenvalue weighted by Crippen LogP contribution is -2.18. The van der Waals surface area contributed by atoms with Gasteiger partial charge >= 0.3 is 5.97 Å². The lowest BCUT2D eigenvalue weighted by atomic mass is 10.1. The van der Waals surface area contributed by atoms with Crippen LogP contribution in [0.2, 0.25) is 0 Å². The lowest BCUT2D eigenvalue weighted by Gasteiger charge is -2.13. The van der Waals surface area contributed by atoms with Crippen LogP contribution in [0.5, 0.6) is 0 Å². The molecule has 0 aliphatic carbocycles. The molecule has 4 aromatic rings. The van der Waals surface area contributed by atoms with Crippen molar-refractivity contribution in [1.82, 2.24) is 9.55 Å². The minimum atomic E-state index is -1.45. The maximum Gasteiger partial charge on any atom is 0.341 e. The van der Waals surface area contributed by atoms with Crippen molar-refractivity contribution in [2.24, 2.45) is 0 Å². The highest BCUT2D eigenvalue weighted by Crippen LogP contribution is 2.23. The number of rotatable bonds is 2. The highest BCUT2D eigenvalue weighted by molar-refractivity contribution is 5.93. The molecule has 0 atom stereocenters. The fraction of sp³-hybridized carbons (Fsp3) is 0. The van der Waals surface area contributed by atoms with Gasteiger partial charge in [-0.25, -0.2) is 13.6 Å². The number of nitrogens with zero attached hydrogens (tertiary/aromatic N) is 2. The number of benzene rings is 2. The minimum Gasteiger partial charge on any atom is -0.477 e. The second-order valence-electron chi connectivity index (χ2n) is 5.71. The Labute approximate surface area is 144 Å². The van der Waals surface area contributed by atoms with Crippen molar-refractivity contribution in [2.45, 2.75) is 0 Å². The monoisotopic (exact) mass is 352 g/mol. The average Bonchev–Trinajstić information content (AvgIpc) is 2.63. The summed E-state index contributed by atoms with van der Waals surface area (Å²) in [6, 6.07) is 10.3. The van der Waals surface area contributed by atoms with Gasteiger partial charge in [0, 0.05) is 29.5 Å². The van der Waals surface area contributed by atoms with E-state index in [0.717, 1.165) is 29.2 Å². The topological polar surface area (TPSA) is 72.2 Å². The summed E-state index contributed by atoms with van der Waals surface area (Å²) in [4.78, 5) is 28.0. The maximum absolute atomic E-state index is 13.8. The molecule has 5 nitrogen and oxygen atoms in total. The Morgan fingerprint density at radius 3 is 2.62 bits per heavy atom. The molecule has 0 bridgehead atoms. The van der Waals surface area contributed by atoms with Gasteiger partial charge in [-0.05, 0) is 30.3 Å². The standard InChI is InChI=1S/C19H10F2N2O3/c20-14-7-12-17(8-15(14)21)23(9-13(18(12)24)19(25)26)11-3-4-16-10(6-11)2-1-5-22-16/h1-9H,(H,25,26). The predicted octanol–water partition coefficient (Wildman–Crippen LogP) is 3.52. The van der Waals surface area contributed by atoms with E-state index in [4.69, 9.17) is 0 Å². The first-order chi connectivity index (χ1) is 12.5. The SMILES string of the molecule is O=C(O)c1cn(-c2ccc3ncccc3c2)c2cc(F)c(F)cc2c1=O. The Kier molecular flexibility index (Phi) is 3.50. The summed E-state index contributed by atoms with van der Waals surface area (Å²) in [5.41, 5.74) is -0.122. The van der Waals surface area contributed by atoms with Crippen LogP contribution in [0, 0.1) is 11.6 Å². The van der Waals surface area contributed by atoms with Gasteiger partial charge in [0.1, 0.15) is 5.56 Å². The highest BCUT2D eigenvalue weighted by atomic mass is 19.2. The largest absolute Gasteiger partial charge is 0.477 e. The summed E-state index contributed by atoms with van der Waals surface area (Å²) in [5, 5.41) is 9.86. The van der Waals surface area contributed by atoms with Gasteiger partial charge in [0.15, 0.2) is 11.6 Å². The minimum absolute atomic E-state index is 0.0714. The maximum atomic E-state index is 13.8. The van der Waals surface area contributed by atoms with Crippen LogP contribution in [0.1, 0.15) is 10.4 Å². The second kappa shape index (κ2) is 5.73. The fourth-order valence-electron chi connectivity index (χ4n) is 2.90. The molecule has 26 heavy (non-hydrogen) atoms. The van der Waals surface area contributed by atoms with E-state index in [1.54, 1.807) is 30.5 Å². The van der Waals surface area contributed by atoms with Gasteiger partial charge in [-0.15, -0.1) is 0 Å².